The van der Waals surface area contributed by atoms with Gasteiger partial charge in [0.25, 0.3) is 5.91 Å². The molecule has 0 aliphatic carbocycles. The smallest absolute Gasteiger partial charge is 0.497 e. The number of pyridine rings is 2. The third-order valence-electron chi connectivity index (χ3n) is 2.98. The van der Waals surface area contributed by atoms with Crippen LogP contribution in [-0.2, 0) is 16.8 Å². The predicted molar refractivity (Wildman–Crippen MR) is 96.5 cm³/mol. The van der Waals surface area contributed by atoms with Gasteiger partial charge in [-0.1, -0.05) is 18.2 Å². The van der Waals surface area contributed by atoms with Gasteiger partial charge in [0.05, 0.1) is 13.3 Å². The second kappa shape index (κ2) is 12.3. The van der Waals surface area contributed by atoms with Crippen molar-refractivity contribution in [2.45, 2.75) is 0 Å². The van der Waals surface area contributed by atoms with E-state index in [9.17, 15) is 4.79 Å². The largest absolute Gasteiger partial charge is 2.00 e. The minimum atomic E-state index is -0.276. The maximum absolute atomic E-state index is 11.7. The van der Waals surface area contributed by atoms with Crippen LogP contribution in [0.3, 0.4) is 0 Å². The molecular formula is C19H18CoN4O2+2. The molecule has 0 bridgehead atoms. The maximum atomic E-state index is 11.7. The molecule has 2 aromatic heterocycles. The maximum Gasteiger partial charge on any atom is 2.00 e. The van der Waals surface area contributed by atoms with Crippen LogP contribution in [0.1, 0.15) is 15.9 Å². The van der Waals surface area contributed by atoms with Gasteiger partial charge >= 0.3 is 16.8 Å². The molecule has 0 saturated carbocycles. The number of benzene rings is 1. The van der Waals surface area contributed by atoms with Crippen molar-refractivity contribution in [1.29, 1.82) is 0 Å². The monoisotopic (exact) mass is 393 g/mol. The Balaban J connectivity index is 0.000000410. The number of hydrazone groups is 1. The van der Waals surface area contributed by atoms with Crippen LogP contribution in [-0.4, -0.2) is 29.2 Å². The van der Waals surface area contributed by atoms with E-state index in [1.165, 1.54) is 0 Å². The number of nitrogens with one attached hydrogen (secondary N) is 1. The Hall–Kier alpha value is -3.03. The van der Waals surface area contributed by atoms with Gasteiger partial charge in [-0.3, -0.25) is 14.8 Å². The zero-order valence-corrected chi connectivity index (χ0v) is 15.1. The Labute approximate surface area is 162 Å². The van der Waals surface area contributed by atoms with Gasteiger partial charge in [-0.2, -0.15) is 5.10 Å². The Bertz CT molecular complexity index is 772. The fourth-order valence-electron chi connectivity index (χ4n) is 1.77. The quantitative estimate of drug-likeness (QED) is 0.546. The molecule has 133 valence electrons. The molecule has 0 spiro atoms. The van der Waals surface area contributed by atoms with Gasteiger partial charge in [0.15, 0.2) is 0 Å². The normalized spacial score (nSPS) is 9.42. The molecule has 0 atom stereocenters. The van der Waals surface area contributed by atoms with Gasteiger partial charge in [0.1, 0.15) is 5.75 Å². The zero-order chi connectivity index (χ0) is 17.7. The summed E-state index contributed by atoms with van der Waals surface area (Å²) in [5, 5.41) is 3.89. The summed E-state index contributed by atoms with van der Waals surface area (Å²) in [6.45, 7) is 0. The molecule has 26 heavy (non-hydrogen) atoms. The van der Waals surface area contributed by atoms with Gasteiger partial charge in [0, 0.05) is 30.4 Å². The number of rotatable bonds is 4. The molecule has 1 N–H and O–H groups in total. The minimum absolute atomic E-state index is 0. The number of carbonyl (C=O) groups is 1. The number of hydrogen-bond acceptors (Lipinski definition) is 5. The Morgan fingerprint density at radius 3 is 2.27 bits per heavy atom. The van der Waals surface area contributed by atoms with Crippen LogP contribution in [0.5, 0.6) is 5.75 Å². The molecule has 0 aliphatic rings. The average molecular weight is 393 g/mol. The molecule has 3 aromatic rings. The van der Waals surface area contributed by atoms with Gasteiger partial charge < -0.3 is 4.74 Å². The van der Waals surface area contributed by atoms with Gasteiger partial charge in [-0.05, 0) is 42.0 Å². The standard InChI is InChI=1S/C14H13N3O2.C5H5N.Co/c1-19-13-4-2-3-11(9-13)10-16-17-14(18)12-5-7-15-8-6-12;1-2-4-6-5-3-1;/h2-10H,1H3,(H,17,18);1-5H;/q;;+2. The molecule has 2 heterocycles. The van der Waals surface area contributed by atoms with Crippen molar-refractivity contribution in [2.75, 3.05) is 7.11 Å². The van der Waals surface area contributed by atoms with Gasteiger partial charge in [0.2, 0.25) is 0 Å². The van der Waals surface area contributed by atoms with Crippen LogP contribution >= 0.6 is 0 Å². The molecule has 0 aliphatic heterocycles. The number of methoxy groups -OCH3 is 1. The summed E-state index contributed by atoms with van der Waals surface area (Å²) >= 11 is 0. The number of aromatic nitrogens is 2. The fourth-order valence-corrected chi connectivity index (χ4v) is 1.77. The first-order valence-corrected chi connectivity index (χ1v) is 7.52. The first-order valence-electron chi connectivity index (χ1n) is 7.52. The van der Waals surface area contributed by atoms with Crippen molar-refractivity contribution in [3.05, 3.63) is 90.5 Å². The van der Waals surface area contributed by atoms with E-state index in [4.69, 9.17) is 4.74 Å². The van der Waals surface area contributed by atoms with E-state index in [0.29, 0.717) is 5.56 Å². The van der Waals surface area contributed by atoms with Crippen LogP contribution in [0.4, 0.5) is 0 Å². The first-order chi connectivity index (χ1) is 12.3. The predicted octanol–water partition coefficient (Wildman–Crippen LogP) is 2.93. The topological polar surface area (TPSA) is 76.5 Å². The Morgan fingerprint density at radius 1 is 1.00 bits per heavy atom. The number of carbonyl (C=O) groups excluding carboxylic acids is 1. The summed E-state index contributed by atoms with van der Waals surface area (Å²) < 4.78 is 5.10. The Morgan fingerprint density at radius 2 is 1.69 bits per heavy atom. The second-order valence-electron chi connectivity index (χ2n) is 4.74. The van der Waals surface area contributed by atoms with Crippen LogP contribution in [0.2, 0.25) is 0 Å². The molecule has 3 rings (SSSR count). The summed E-state index contributed by atoms with van der Waals surface area (Å²) in [6, 6.07) is 16.3. The molecule has 0 fully saturated rings. The molecule has 0 unspecified atom stereocenters. The molecule has 1 radical (unpaired) electrons. The molecule has 0 saturated heterocycles. The Kier molecular flexibility index (Phi) is 9.98. The third-order valence-corrected chi connectivity index (χ3v) is 2.98. The molecular weight excluding hydrogens is 375 g/mol. The average Bonchev–Trinajstić information content (AvgIpc) is 2.70. The van der Waals surface area contributed by atoms with Crippen molar-refractivity contribution in [1.82, 2.24) is 15.4 Å². The van der Waals surface area contributed by atoms with Gasteiger partial charge in [-0.15, -0.1) is 0 Å². The molecule has 1 aromatic carbocycles. The summed E-state index contributed by atoms with van der Waals surface area (Å²) in [5.74, 6) is 0.464. The van der Waals surface area contributed by atoms with E-state index in [2.05, 4.69) is 20.5 Å². The van der Waals surface area contributed by atoms with E-state index >= 15 is 0 Å². The molecule has 1 amide bonds. The third kappa shape index (κ3) is 7.69. The summed E-state index contributed by atoms with van der Waals surface area (Å²) in [6.07, 6.45) is 8.17. The summed E-state index contributed by atoms with van der Waals surface area (Å²) in [5.41, 5.74) is 3.80. The van der Waals surface area contributed by atoms with Crippen LogP contribution in [0.15, 0.2) is 84.5 Å². The second-order valence-corrected chi connectivity index (χ2v) is 4.74. The number of ether oxygens (including phenoxy) is 1. The summed E-state index contributed by atoms with van der Waals surface area (Å²) in [4.78, 5) is 19.3. The zero-order valence-electron chi connectivity index (χ0n) is 14.1. The SMILES string of the molecule is COc1cccc(C=NNC(=O)c2ccncc2)c1.[Co+2].c1ccncc1. The van der Waals surface area contributed by atoms with Crippen molar-refractivity contribution >= 4 is 12.1 Å². The van der Waals surface area contributed by atoms with Crippen LogP contribution < -0.4 is 10.2 Å². The molecule has 7 heteroatoms. The van der Waals surface area contributed by atoms with E-state index in [1.54, 1.807) is 50.2 Å². The first kappa shape index (κ1) is 21.0. The summed E-state index contributed by atoms with van der Waals surface area (Å²) in [7, 11) is 1.60. The van der Waals surface area contributed by atoms with Crippen molar-refractivity contribution < 1.29 is 26.3 Å². The van der Waals surface area contributed by atoms with E-state index < -0.39 is 0 Å². The number of nitrogens with zero attached hydrogens (tertiary/aromatic N) is 3. The number of hydrogen-bond donors (Lipinski definition) is 1. The van der Waals surface area contributed by atoms with E-state index in [1.807, 2.05) is 42.5 Å². The van der Waals surface area contributed by atoms with Crippen LogP contribution in [0, 0.1) is 0 Å². The van der Waals surface area contributed by atoms with Crippen molar-refractivity contribution in [3.63, 3.8) is 0 Å². The number of amides is 1. The minimum Gasteiger partial charge on any atom is -0.497 e. The van der Waals surface area contributed by atoms with E-state index in [0.717, 1.165) is 11.3 Å². The van der Waals surface area contributed by atoms with Crippen molar-refractivity contribution in [3.8, 4) is 5.75 Å². The van der Waals surface area contributed by atoms with Crippen LogP contribution in [0.25, 0.3) is 0 Å². The van der Waals surface area contributed by atoms with Gasteiger partial charge in [-0.25, -0.2) is 5.43 Å². The van der Waals surface area contributed by atoms with Crippen molar-refractivity contribution in [2.24, 2.45) is 5.10 Å². The van der Waals surface area contributed by atoms with E-state index in [-0.39, 0.29) is 22.7 Å². The molecule has 6 nitrogen and oxygen atoms in total. The fraction of sp³-hybridized carbons (Fsp3) is 0.0526.